The Kier molecular flexibility index (Phi) is 6.32. The van der Waals surface area contributed by atoms with Crippen LogP contribution in [0.2, 0.25) is 5.02 Å². The van der Waals surface area contributed by atoms with Crippen molar-refractivity contribution in [1.82, 2.24) is 5.32 Å². The maximum atomic E-state index is 12.0. The zero-order chi connectivity index (χ0) is 17.5. The van der Waals surface area contributed by atoms with E-state index in [1.165, 1.54) is 0 Å². The predicted molar refractivity (Wildman–Crippen MR) is 96.5 cm³/mol. The van der Waals surface area contributed by atoms with Crippen LogP contribution in [0.5, 0.6) is 11.5 Å². The van der Waals surface area contributed by atoms with E-state index < -0.39 is 0 Å². The van der Waals surface area contributed by atoms with E-state index in [9.17, 15) is 4.79 Å². The van der Waals surface area contributed by atoms with Crippen LogP contribution in [-0.2, 0) is 6.42 Å². The van der Waals surface area contributed by atoms with Gasteiger partial charge in [-0.05, 0) is 54.8 Å². The Morgan fingerprint density at radius 2 is 1.83 bits per heavy atom. The highest BCUT2D eigenvalue weighted by Crippen LogP contribution is 2.27. The maximum absolute atomic E-state index is 12.0. The van der Waals surface area contributed by atoms with Crippen molar-refractivity contribution >= 4 is 23.3 Å². The van der Waals surface area contributed by atoms with Crippen LogP contribution >= 0.6 is 11.6 Å². The van der Waals surface area contributed by atoms with Gasteiger partial charge in [0.05, 0.1) is 14.2 Å². The fourth-order valence-corrected chi connectivity index (χ4v) is 2.52. The maximum Gasteiger partial charge on any atom is 0.319 e. The Morgan fingerprint density at radius 1 is 1.08 bits per heavy atom. The minimum atomic E-state index is -0.249. The number of halogens is 1. The van der Waals surface area contributed by atoms with E-state index in [-0.39, 0.29) is 6.03 Å². The molecule has 0 aliphatic rings. The molecule has 24 heavy (non-hydrogen) atoms. The fraction of sp³-hybridized carbons (Fsp3) is 0.278. The average Bonchev–Trinajstić information content (AvgIpc) is 2.57. The molecule has 5 nitrogen and oxygen atoms in total. The molecule has 0 aromatic heterocycles. The van der Waals surface area contributed by atoms with Crippen LogP contribution in [0.1, 0.15) is 11.1 Å². The summed E-state index contributed by atoms with van der Waals surface area (Å²) in [5.74, 6) is 1.36. The number of urea groups is 1. The van der Waals surface area contributed by atoms with E-state index in [1.54, 1.807) is 32.4 Å². The van der Waals surface area contributed by atoms with Gasteiger partial charge in [0, 0.05) is 17.3 Å². The summed E-state index contributed by atoms with van der Waals surface area (Å²) in [4.78, 5) is 12.0. The molecule has 0 heterocycles. The van der Waals surface area contributed by atoms with E-state index in [2.05, 4.69) is 10.6 Å². The third kappa shape index (κ3) is 4.80. The number of methoxy groups -OCH3 is 2. The molecule has 2 aromatic carbocycles. The lowest BCUT2D eigenvalue weighted by atomic mass is 10.1. The molecular formula is C18H21ClN2O3. The lowest BCUT2D eigenvalue weighted by Gasteiger charge is -2.11. The first-order valence-electron chi connectivity index (χ1n) is 7.55. The zero-order valence-electron chi connectivity index (χ0n) is 14.0. The molecule has 2 amide bonds. The number of rotatable bonds is 6. The second-order valence-corrected chi connectivity index (χ2v) is 5.72. The number of amides is 2. The van der Waals surface area contributed by atoms with E-state index in [0.29, 0.717) is 29.5 Å². The van der Waals surface area contributed by atoms with Gasteiger partial charge in [0.25, 0.3) is 0 Å². The Bertz CT molecular complexity index is 719. The SMILES string of the molecule is COc1ccc(CCNC(=O)Nc2ccc(Cl)cc2C)cc1OC. The molecule has 6 heteroatoms. The molecule has 0 aliphatic carbocycles. The summed E-state index contributed by atoms with van der Waals surface area (Å²) in [6.45, 7) is 2.40. The number of hydrogen-bond acceptors (Lipinski definition) is 3. The lowest BCUT2D eigenvalue weighted by Crippen LogP contribution is -2.30. The van der Waals surface area contributed by atoms with E-state index in [4.69, 9.17) is 21.1 Å². The molecule has 0 radical (unpaired) electrons. The molecule has 0 atom stereocenters. The summed E-state index contributed by atoms with van der Waals surface area (Å²) in [7, 11) is 3.20. The van der Waals surface area contributed by atoms with Crippen LogP contribution < -0.4 is 20.1 Å². The van der Waals surface area contributed by atoms with Crippen molar-refractivity contribution in [2.45, 2.75) is 13.3 Å². The zero-order valence-corrected chi connectivity index (χ0v) is 14.7. The summed E-state index contributed by atoms with van der Waals surface area (Å²) in [5.41, 5.74) is 2.70. The number of carbonyl (C=O) groups excluding carboxylic acids is 1. The topological polar surface area (TPSA) is 59.6 Å². The summed E-state index contributed by atoms with van der Waals surface area (Å²) < 4.78 is 10.5. The van der Waals surface area contributed by atoms with Crippen LogP contribution in [0, 0.1) is 6.92 Å². The summed E-state index contributed by atoms with van der Waals surface area (Å²) >= 11 is 5.90. The highest BCUT2D eigenvalue weighted by Gasteiger charge is 2.07. The molecule has 2 N–H and O–H groups in total. The van der Waals surface area contributed by atoms with Crippen LogP contribution in [0.15, 0.2) is 36.4 Å². The Morgan fingerprint density at radius 3 is 2.50 bits per heavy atom. The van der Waals surface area contributed by atoms with Crippen LogP contribution in [0.25, 0.3) is 0 Å². The average molecular weight is 349 g/mol. The molecule has 0 saturated carbocycles. The third-order valence-corrected chi connectivity index (χ3v) is 3.82. The second kappa shape index (κ2) is 8.45. The van der Waals surface area contributed by atoms with Gasteiger partial charge in [0.15, 0.2) is 11.5 Å². The first-order chi connectivity index (χ1) is 11.5. The van der Waals surface area contributed by atoms with Crippen molar-refractivity contribution in [3.8, 4) is 11.5 Å². The second-order valence-electron chi connectivity index (χ2n) is 5.28. The standard InChI is InChI=1S/C18H21ClN2O3/c1-12-10-14(19)5-6-15(12)21-18(22)20-9-8-13-4-7-16(23-2)17(11-13)24-3/h4-7,10-11H,8-9H2,1-3H3,(H2,20,21,22). The minimum absolute atomic E-state index is 0.249. The third-order valence-electron chi connectivity index (χ3n) is 3.58. The number of hydrogen-bond donors (Lipinski definition) is 2. The largest absolute Gasteiger partial charge is 0.493 e. The van der Waals surface area contributed by atoms with Crippen LogP contribution in [-0.4, -0.2) is 26.8 Å². The number of carbonyl (C=O) groups is 1. The first-order valence-corrected chi connectivity index (χ1v) is 7.93. The molecule has 0 spiro atoms. The Balaban J connectivity index is 1.86. The molecule has 0 fully saturated rings. The predicted octanol–water partition coefficient (Wildman–Crippen LogP) is 4.03. The fourth-order valence-electron chi connectivity index (χ4n) is 2.29. The number of benzene rings is 2. The van der Waals surface area contributed by atoms with Crippen LogP contribution in [0.4, 0.5) is 10.5 Å². The summed E-state index contributed by atoms with van der Waals surface area (Å²) in [6, 6.07) is 10.8. The smallest absolute Gasteiger partial charge is 0.319 e. The molecule has 0 saturated heterocycles. The van der Waals surface area contributed by atoms with Gasteiger partial charge in [-0.25, -0.2) is 4.79 Å². The van der Waals surface area contributed by atoms with Crippen molar-refractivity contribution in [3.63, 3.8) is 0 Å². The normalized spacial score (nSPS) is 10.2. The Hall–Kier alpha value is -2.40. The van der Waals surface area contributed by atoms with Crippen molar-refractivity contribution < 1.29 is 14.3 Å². The molecular weight excluding hydrogens is 328 g/mol. The van der Waals surface area contributed by atoms with E-state index in [0.717, 1.165) is 16.8 Å². The number of ether oxygens (including phenoxy) is 2. The van der Waals surface area contributed by atoms with Gasteiger partial charge in [-0.15, -0.1) is 0 Å². The van der Waals surface area contributed by atoms with Crippen LogP contribution in [0.3, 0.4) is 0 Å². The monoisotopic (exact) mass is 348 g/mol. The molecule has 2 aromatic rings. The van der Waals surface area contributed by atoms with Gasteiger partial charge in [-0.3, -0.25) is 0 Å². The van der Waals surface area contributed by atoms with E-state index >= 15 is 0 Å². The summed E-state index contributed by atoms with van der Waals surface area (Å²) in [6.07, 6.45) is 0.688. The first kappa shape index (κ1) is 17.9. The number of nitrogens with one attached hydrogen (secondary N) is 2. The van der Waals surface area contributed by atoms with Gasteiger partial charge in [-0.2, -0.15) is 0 Å². The molecule has 0 bridgehead atoms. The highest BCUT2D eigenvalue weighted by molar-refractivity contribution is 6.30. The van der Waals surface area contributed by atoms with Crippen molar-refractivity contribution in [1.29, 1.82) is 0 Å². The van der Waals surface area contributed by atoms with Gasteiger partial charge < -0.3 is 20.1 Å². The highest BCUT2D eigenvalue weighted by atomic mass is 35.5. The minimum Gasteiger partial charge on any atom is -0.493 e. The van der Waals surface area contributed by atoms with Gasteiger partial charge in [0.1, 0.15) is 0 Å². The number of aryl methyl sites for hydroxylation is 1. The number of anilines is 1. The van der Waals surface area contributed by atoms with Crippen molar-refractivity contribution in [2.75, 3.05) is 26.1 Å². The van der Waals surface area contributed by atoms with Gasteiger partial charge >= 0.3 is 6.03 Å². The van der Waals surface area contributed by atoms with Crippen molar-refractivity contribution in [3.05, 3.63) is 52.5 Å². The molecule has 2 rings (SSSR count). The Labute approximate surface area is 146 Å². The van der Waals surface area contributed by atoms with Gasteiger partial charge in [0.2, 0.25) is 0 Å². The molecule has 0 aliphatic heterocycles. The molecule has 128 valence electrons. The molecule has 0 unspecified atom stereocenters. The van der Waals surface area contributed by atoms with Crippen molar-refractivity contribution in [2.24, 2.45) is 0 Å². The summed E-state index contributed by atoms with van der Waals surface area (Å²) in [5, 5.41) is 6.29. The van der Waals surface area contributed by atoms with E-state index in [1.807, 2.05) is 25.1 Å². The lowest BCUT2D eigenvalue weighted by molar-refractivity contribution is 0.252. The van der Waals surface area contributed by atoms with Gasteiger partial charge in [-0.1, -0.05) is 17.7 Å². The quantitative estimate of drug-likeness (QED) is 0.828.